The van der Waals surface area contributed by atoms with Crippen LogP contribution >= 0.6 is 0 Å². The fourth-order valence-corrected chi connectivity index (χ4v) is 3.75. The van der Waals surface area contributed by atoms with Gasteiger partial charge in [0.2, 0.25) is 15.0 Å². The Hall–Kier alpha value is -2.21. The lowest BCUT2D eigenvalue weighted by Gasteiger charge is -2.17. The van der Waals surface area contributed by atoms with Crippen LogP contribution in [0.15, 0.2) is 40.5 Å². The molecule has 1 aromatic carbocycles. The average Bonchev–Trinajstić information content (AvgIpc) is 2.53. The zero-order chi connectivity index (χ0) is 20.6. The van der Waals surface area contributed by atoms with E-state index in [1.807, 2.05) is 0 Å². The first-order valence-corrected chi connectivity index (χ1v) is 10.9. The number of hydrogen-bond acceptors (Lipinski definition) is 7. The number of hydrogen-bond donors (Lipinski definition) is 1. The summed E-state index contributed by atoms with van der Waals surface area (Å²) in [5, 5.41) is 0.669. The highest BCUT2D eigenvalue weighted by atomic mass is 32.2. The van der Waals surface area contributed by atoms with Crippen LogP contribution in [-0.2, 0) is 25.9 Å². The Kier molecular flexibility index (Phi) is 5.53. The topological polar surface area (TPSA) is 106 Å². The summed E-state index contributed by atoms with van der Waals surface area (Å²) in [6.07, 6.45) is -3.80. The summed E-state index contributed by atoms with van der Waals surface area (Å²) in [6, 6.07) is 5.35. The Morgan fingerprint density at radius 2 is 1.67 bits per heavy atom. The number of sulfone groups is 2. The van der Waals surface area contributed by atoms with E-state index in [-0.39, 0.29) is 10.6 Å². The fraction of sp³-hybridized carbons (Fsp3) is 0.333. The minimum Gasteiger partial charge on any atom is -0.339 e. The number of anilines is 2. The van der Waals surface area contributed by atoms with Crippen molar-refractivity contribution in [1.82, 2.24) is 9.97 Å². The van der Waals surface area contributed by atoms with Crippen molar-refractivity contribution >= 4 is 31.2 Å². The summed E-state index contributed by atoms with van der Waals surface area (Å²) >= 11 is 0. The molecular weight excluding hydrogens is 407 g/mol. The zero-order valence-corrected chi connectivity index (χ0v) is 16.1. The van der Waals surface area contributed by atoms with Crippen molar-refractivity contribution in [2.24, 2.45) is 0 Å². The third-order valence-corrected chi connectivity index (χ3v) is 6.54. The maximum Gasteiger partial charge on any atom is 0.421 e. The van der Waals surface area contributed by atoms with Crippen LogP contribution in [0.1, 0.15) is 19.4 Å². The van der Waals surface area contributed by atoms with Crippen molar-refractivity contribution in [3.63, 3.8) is 0 Å². The van der Waals surface area contributed by atoms with E-state index >= 15 is 0 Å². The molecule has 148 valence electrons. The molecule has 0 aliphatic heterocycles. The standard InChI is InChI=1S/C15H16F3N3O4S2/c1-9(2)27(24,25)12-7-5-4-6-11(12)20-13-10(15(16,17)18)8-19-14(21-13)26(3,22)23/h4-9H,1-3H3,(H,19,20,21). The van der Waals surface area contributed by atoms with Gasteiger partial charge in [0.1, 0.15) is 11.4 Å². The Morgan fingerprint density at radius 3 is 2.19 bits per heavy atom. The molecule has 7 nitrogen and oxygen atoms in total. The monoisotopic (exact) mass is 423 g/mol. The predicted octanol–water partition coefficient (Wildman–Crippen LogP) is 2.82. The van der Waals surface area contributed by atoms with Gasteiger partial charge in [-0.15, -0.1) is 0 Å². The SMILES string of the molecule is CC(C)S(=O)(=O)c1ccccc1Nc1nc(S(C)(=O)=O)ncc1C(F)(F)F. The molecule has 1 aromatic heterocycles. The van der Waals surface area contributed by atoms with Crippen LogP contribution < -0.4 is 5.32 Å². The van der Waals surface area contributed by atoms with Gasteiger partial charge >= 0.3 is 6.18 Å². The number of halogens is 3. The van der Waals surface area contributed by atoms with E-state index in [0.717, 1.165) is 6.26 Å². The number of para-hydroxylation sites is 1. The molecule has 0 radical (unpaired) electrons. The number of nitrogens with zero attached hydrogens (tertiary/aromatic N) is 2. The average molecular weight is 423 g/mol. The number of aromatic nitrogens is 2. The van der Waals surface area contributed by atoms with Gasteiger partial charge in [-0.3, -0.25) is 0 Å². The van der Waals surface area contributed by atoms with E-state index in [9.17, 15) is 30.0 Å². The minimum atomic E-state index is -4.88. The Labute approximate surface area is 154 Å². The second kappa shape index (κ2) is 7.08. The fourth-order valence-electron chi connectivity index (χ4n) is 2.05. The second-order valence-corrected chi connectivity index (χ2v) is 10.3. The van der Waals surface area contributed by atoms with E-state index in [1.165, 1.54) is 38.1 Å². The van der Waals surface area contributed by atoms with Gasteiger partial charge < -0.3 is 5.32 Å². The molecular formula is C15H16F3N3O4S2. The summed E-state index contributed by atoms with van der Waals surface area (Å²) < 4.78 is 87.9. The summed E-state index contributed by atoms with van der Waals surface area (Å²) in [5.74, 6) is -0.857. The van der Waals surface area contributed by atoms with Crippen molar-refractivity contribution in [1.29, 1.82) is 0 Å². The molecule has 0 amide bonds. The molecule has 1 heterocycles. The van der Waals surface area contributed by atoms with Gasteiger partial charge in [-0.05, 0) is 26.0 Å². The van der Waals surface area contributed by atoms with Crippen molar-refractivity contribution in [3.05, 3.63) is 36.0 Å². The lowest BCUT2D eigenvalue weighted by atomic mass is 10.2. The van der Waals surface area contributed by atoms with Gasteiger partial charge in [-0.25, -0.2) is 26.8 Å². The highest BCUT2D eigenvalue weighted by molar-refractivity contribution is 7.92. The Balaban J connectivity index is 2.68. The van der Waals surface area contributed by atoms with Crippen molar-refractivity contribution in [3.8, 4) is 0 Å². The van der Waals surface area contributed by atoms with Crippen LogP contribution in [0.2, 0.25) is 0 Å². The quantitative estimate of drug-likeness (QED) is 0.737. The van der Waals surface area contributed by atoms with Crippen LogP contribution in [-0.4, -0.2) is 38.3 Å². The third-order valence-electron chi connectivity index (χ3n) is 3.47. The van der Waals surface area contributed by atoms with E-state index in [1.54, 1.807) is 0 Å². The minimum absolute atomic E-state index is 0.158. The lowest BCUT2D eigenvalue weighted by Crippen LogP contribution is -2.17. The van der Waals surface area contributed by atoms with Crippen LogP contribution in [0.5, 0.6) is 0 Å². The smallest absolute Gasteiger partial charge is 0.339 e. The second-order valence-electron chi connectivity index (χ2n) is 5.90. The molecule has 27 heavy (non-hydrogen) atoms. The highest BCUT2D eigenvalue weighted by Crippen LogP contribution is 2.36. The molecule has 1 N–H and O–H groups in total. The summed E-state index contributed by atoms with van der Waals surface area (Å²) in [5.41, 5.74) is -1.48. The first-order chi connectivity index (χ1) is 12.2. The van der Waals surface area contributed by atoms with Gasteiger partial charge in [0.05, 0.1) is 15.8 Å². The largest absolute Gasteiger partial charge is 0.421 e. The molecule has 0 bridgehead atoms. The number of benzene rings is 1. The molecule has 12 heteroatoms. The van der Waals surface area contributed by atoms with Crippen molar-refractivity contribution in [2.75, 3.05) is 11.6 Å². The highest BCUT2D eigenvalue weighted by Gasteiger charge is 2.36. The Bertz CT molecular complexity index is 1070. The van der Waals surface area contributed by atoms with Gasteiger partial charge in [0, 0.05) is 12.5 Å². The zero-order valence-electron chi connectivity index (χ0n) is 14.4. The Morgan fingerprint density at radius 1 is 1.07 bits per heavy atom. The van der Waals surface area contributed by atoms with E-state index < -0.39 is 47.6 Å². The molecule has 2 rings (SSSR count). The predicted molar refractivity (Wildman–Crippen MR) is 92.2 cm³/mol. The number of rotatable bonds is 5. The molecule has 0 saturated heterocycles. The van der Waals surface area contributed by atoms with Crippen LogP contribution in [0.25, 0.3) is 0 Å². The molecule has 0 atom stereocenters. The van der Waals surface area contributed by atoms with Gasteiger partial charge in [-0.1, -0.05) is 12.1 Å². The molecule has 0 saturated carbocycles. The first kappa shape index (κ1) is 21.1. The van der Waals surface area contributed by atoms with Crippen LogP contribution in [0.3, 0.4) is 0 Å². The van der Waals surface area contributed by atoms with Crippen molar-refractivity contribution < 1.29 is 30.0 Å². The number of alkyl halides is 3. The van der Waals surface area contributed by atoms with E-state index in [0.29, 0.717) is 6.20 Å². The maximum absolute atomic E-state index is 13.3. The molecule has 2 aromatic rings. The molecule has 0 aliphatic carbocycles. The number of nitrogens with one attached hydrogen (secondary N) is 1. The third kappa shape index (κ3) is 4.56. The van der Waals surface area contributed by atoms with Crippen molar-refractivity contribution in [2.45, 2.75) is 35.3 Å². The maximum atomic E-state index is 13.3. The summed E-state index contributed by atoms with van der Waals surface area (Å²) in [6.45, 7) is 2.86. The molecule has 0 fully saturated rings. The van der Waals surface area contributed by atoms with E-state index in [2.05, 4.69) is 15.3 Å². The summed E-state index contributed by atoms with van der Waals surface area (Å²) in [4.78, 5) is 6.46. The molecule has 0 aliphatic rings. The molecule has 0 unspecified atom stereocenters. The van der Waals surface area contributed by atoms with Gasteiger partial charge in [0.15, 0.2) is 9.84 Å². The summed E-state index contributed by atoms with van der Waals surface area (Å²) in [7, 11) is -7.80. The van der Waals surface area contributed by atoms with Crippen LogP contribution in [0, 0.1) is 0 Å². The van der Waals surface area contributed by atoms with Crippen LogP contribution in [0.4, 0.5) is 24.7 Å². The van der Waals surface area contributed by atoms with Gasteiger partial charge in [-0.2, -0.15) is 13.2 Å². The molecule has 0 spiro atoms. The normalized spacial score (nSPS) is 13.0. The first-order valence-electron chi connectivity index (χ1n) is 7.49. The lowest BCUT2D eigenvalue weighted by molar-refractivity contribution is -0.137. The van der Waals surface area contributed by atoms with Gasteiger partial charge in [0.25, 0.3) is 0 Å². The van der Waals surface area contributed by atoms with E-state index in [4.69, 9.17) is 0 Å².